The quantitative estimate of drug-likeness (QED) is 0.388. The van der Waals surface area contributed by atoms with Gasteiger partial charge in [-0.2, -0.15) is 0 Å². The Balaban J connectivity index is 1.45. The molecule has 1 aliphatic carbocycles. The lowest BCUT2D eigenvalue weighted by molar-refractivity contribution is -0.133. The summed E-state index contributed by atoms with van der Waals surface area (Å²) in [6.45, 7) is 2.48. The van der Waals surface area contributed by atoms with Crippen LogP contribution in [0.5, 0.6) is 0 Å². The minimum absolute atomic E-state index is 0.00642. The van der Waals surface area contributed by atoms with E-state index in [1.165, 1.54) is 5.56 Å². The lowest BCUT2D eigenvalue weighted by Crippen LogP contribution is -2.50. The lowest BCUT2D eigenvalue weighted by Gasteiger charge is -2.31. The van der Waals surface area contributed by atoms with Crippen molar-refractivity contribution in [2.45, 2.75) is 30.8 Å². The molecule has 0 bridgehead atoms. The van der Waals surface area contributed by atoms with Crippen molar-refractivity contribution in [1.82, 2.24) is 20.9 Å². The molecule has 2 amide bonds. The largest absolute Gasteiger partial charge is 0.351 e. The number of benzene rings is 2. The molecule has 1 heterocycles. The molecule has 2 aliphatic rings. The predicted octanol–water partition coefficient (Wildman–Crippen LogP) is 4.07. The van der Waals surface area contributed by atoms with E-state index in [0.29, 0.717) is 26.1 Å². The van der Waals surface area contributed by atoms with Crippen molar-refractivity contribution in [3.63, 3.8) is 0 Å². The fourth-order valence-corrected chi connectivity index (χ4v) is 5.17. The molecule has 1 fully saturated rings. The second-order valence-corrected chi connectivity index (χ2v) is 10.1. The minimum atomic E-state index is -0.306. The first-order valence-corrected chi connectivity index (χ1v) is 13.9. The summed E-state index contributed by atoms with van der Waals surface area (Å²) in [5, 5.41) is 9.76. The third kappa shape index (κ3) is 8.63. The van der Waals surface area contributed by atoms with Crippen LogP contribution in [0.1, 0.15) is 29.9 Å². The first-order valence-electron chi connectivity index (χ1n) is 13.9. The summed E-state index contributed by atoms with van der Waals surface area (Å²) in [5.41, 5.74) is 2.21. The van der Waals surface area contributed by atoms with Gasteiger partial charge in [0.15, 0.2) is 0 Å². The van der Waals surface area contributed by atoms with Gasteiger partial charge in [-0.1, -0.05) is 97.1 Å². The SMILES string of the molecule is CNCCC1NC(CNC(=O)/C=C/c2ccccc2)CCN(CC(c2ccccc2)C2C=CC=CC=C2)C1=O. The number of hydrogen-bond donors (Lipinski definition) is 3. The van der Waals surface area contributed by atoms with Crippen LogP contribution < -0.4 is 16.0 Å². The first kappa shape index (κ1) is 28.3. The van der Waals surface area contributed by atoms with Crippen molar-refractivity contribution in [3.8, 4) is 0 Å². The van der Waals surface area contributed by atoms with E-state index in [4.69, 9.17) is 0 Å². The van der Waals surface area contributed by atoms with Gasteiger partial charge in [0, 0.05) is 43.6 Å². The molecule has 39 heavy (non-hydrogen) atoms. The average molecular weight is 525 g/mol. The molecular formula is C33H40N4O2. The Morgan fingerprint density at radius 2 is 1.72 bits per heavy atom. The molecule has 3 unspecified atom stereocenters. The van der Waals surface area contributed by atoms with Gasteiger partial charge in [0.05, 0.1) is 6.04 Å². The Kier molecular flexibility index (Phi) is 10.9. The maximum absolute atomic E-state index is 13.8. The third-order valence-corrected chi connectivity index (χ3v) is 7.34. The average Bonchev–Trinajstić information content (AvgIpc) is 3.33. The zero-order valence-electron chi connectivity index (χ0n) is 22.7. The maximum atomic E-state index is 13.8. The summed E-state index contributed by atoms with van der Waals surface area (Å²) in [7, 11) is 1.90. The van der Waals surface area contributed by atoms with Crippen LogP contribution >= 0.6 is 0 Å². The first-order chi connectivity index (χ1) is 19.1. The molecule has 1 aliphatic heterocycles. The highest BCUT2D eigenvalue weighted by Crippen LogP contribution is 2.30. The molecule has 0 saturated carbocycles. The number of nitrogens with zero attached hydrogens (tertiary/aromatic N) is 1. The van der Waals surface area contributed by atoms with Crippen molar-refractivity contribution >= 4 is 17.9 Å². The molecular weight excluding hydrogens is 484 g/mol. The highest BCUT2D eigenvalue weighted by molar-refractivity contribution is 5.91. The van der Waals surface area contributed by atoms with Crippen LogP contribution in [0.3, 0.4) is 0 Å². The number of carbonyl (C=O) groups excluding carboxylic acids is 2. The summed E-state index contributed by atoms with van der Waals surface area (Å²) >= 11 is 0. The second kappa shape index (κ2) is 15.0. The molecule has 6 nitrogen and oxygen atoms in total. The molecule has 3 atom stereocenters. The Morgan fingerprint density at radius 1 is 1.03 bits per heavy atom. The topological polar surface area (TPSA) is 73.5 Å². The highest BCUT2D eigenvalue weighted by atomic mass is 16.2. The minimum Gasteiger partial charge on any atom is -0.351 e. The summed E-state index contributed by atoms with van der Waals surface area (Å²) in [4.78, 5) is 28.3. The molecule has 204 valence electrons. The summed E-state index contributed by atoms with van der Waals surface area (Å²) in [5.74, 6) is 0.328. The van der Waals surface area contributed by atoms with Gasteiger partial charge in [-0.15, -0.1) is 0 Å². The van der Waals surface area contributed by atoms with Crippen LogP contribution in [0, 0.1) is 5.92 Å². The van der Waals surface area contributed by atoms with Gasteiger partial charge < -0.3 is 20.9 Å². The van der Waals surface area contributed by atoms with Crippen LogP contribution in [0.15, 0.2) is 103 Å². The number of nitrogens with one attached hydrogen (secondary N) is 3. The zero-order chi connectivity index (χ0) is 27.3. The molecule has 3 N–H and O–H groups in total. The molecule has 2 aromatic carbocycles. The van der Waals surface area contributed by atoms with E-state index < -0.39 is 0 Å². The van der Waals surface area contributed by atoms with Crippen molar-refractivity contribution in [2.24, 2.45) is 5.92 Å². The van der Waals surface area contributed by atoms with Crippen molar-refractivity contribution in [3.05, 3.63) is 114 Å². The maximum Gasteiger partial charge on any atom is 0.244 e. The Hall–Kier alpha value is -3.74. The van der Waals surface area contributed by atoms with Gasteiger partial charge in [-0.3, -0.25) is 9.59 Å². The van der Waals surface area contributed by atoms with Crippen LogP contribution in [-0.2, 0) is 9.59 Å². The number of amides is 2. The van der Waals surface area contributed by atoms with E-state index in [9.17, 15) is 9.59 Å². The van der Waals surface area contributed by atoms with E-state index in [-0.39, 0.29) is 35.7 Å². The van der Waals surface area contributed by atoms with Gasteiger partial charge in [-0.05, 0) is 43.6 Å². The molecule has 0 spiro atoms. The molecule has 6 heteroatoms. The lowest BCUT2D eigenvalue weighted by atomic mass is 9.85. The van der Waals surface area contributed by atoms with Crippen LogP contribution in [0.4, 0.5) is 0 Å². The standard InChI is InChI=1S/C33H40N4O2/c1-34-22-20-31-33(39)37(25-30(28-16-10-5-11-17-28)27-14-8-2-3-9-15-27)23-21-29(36-31)24-35-32(38)19-18-26-12-6-4-7-13-26/h2-19,27,29-31,34,36H,20-25H2,1H3,(H,35,38)/b19-18+. The summed E-state index contributed by atoms with van der Waals surface area (Å²) < 4.78 is 0. The Bertz CT molecular complexity index is 1160. The fourth-order valence-electron chi connectivity index (χ4n) is 5.17. The molecule has 1 saturated heterocycles. The summed E-state index contributed by atoms with van der Waals surface area (Å²) in [6, 6.07) is 19.9. The number of allylic oxidation sites excluding steroid dienone is 6. The van der Waals surface area contributed by atoms with Crippen molar-refractivity contribution in [2.75, 3.05) is 33.2 Å². The normalized spacial score (nSPS) is 20.6. The number of rotatable bonds is 11. The number of carbonyl (C=O) groups is 2. The molecule has 0 aromatic heterocycles. The highest BCUT2D eigenvalue weighted by Gasteiger charge is 2.33. The number of hydrogen-bond acceptors (Lipinski definition) is 4. The molecule has 0 radical (unpaired) electrons. The van der Waals surface area contributed by atoms with Gasteiger partial charge >= 0.3 is 0 Å². The third-order valence-electron chi connectivity index (χ3n) is 7.34. The van der Waals surface area contributed by atoms with Gasteiger partial charge in [0.2, 0.25) is 11.8 Å². The van der Waals surface area contributed by atoms with E-state index in [0.717, 1.165) is 18.5 Å². The van der Waals surface area contributed by atoms with Gasteiger partial charge in [-0.25, -0.2) is 0 Å². The predicted molar refractivity (Wildman–Crippen MR) is 159 cm³/mol. The smallest absolute Gasteiger partial charge is 0.244 e. The molecule has 2 aromatic rings. The van der Waals surface area contributed by atoms with Crippen molar-refractivity contribution < 1.29 is 9.59 Å². The van der Waals surface area contributed by atoms with E-state index in [1.807, 2.05) is 66.6 Å². The zero-order valence-corrected chi connectivity index (χ0v) is 22.7. The van der Waals surface area contributed by atoms with Crippen molar-refractivity contribution in [1.29, 1.82) is 0 Å². The van der Waals surface area contributed by atoms with Gasteiger partial charge in [0.1, 0.15) is 0 Å². The second-order valence-electron chi connectivity index (χ2n) is 10.1. The molecule has 4 rings (SSSR count). The van der Waals surface area contributed by atoms with Crippen LogP contribution in [-0.4, -0.2) is 62.0 Å². The van der Waals surface area contributed by atoms with E-state index in [1.54, 1.807) is 6.08 Å². The van der Waals surface area contributed by atoms with Crippen LogP contribution in [0.2, 0.25) is 0 Å². The monoisotopic (exact) mass is 524 g/mol. The van der Waals surface area contributed by atoms with Gasteiger partial charge in [0.25, 0.3) is 0 Å². The van der Waals surface area contributed by atoms with E-state index in [2.05, 4.69) is 64.5 Å². The van der Waals surface area contributed by atoms with Crippen LogP contribution in [0.25, 0.3) is 6.08 Å². The summed E-state index contributed by atoms with van der Waals surface area (Å²) in [6.07, 6.45) is 17.5. The van der Waals surface area contributed by atoms with E-state index >= 15 is 0 Å². The fraction of sp³-hybridized carbons (Fsp3) is 0.333. The Morgan fingerprint density at radius 3 is 2.41 bits per heavy atom. The Labute approximate surface area is 232 Å².